The number of anilines is 1. The van der Waals surface area contributed by atoms with Gasteiger partial charge in [-0.1, -0.05) is 18.6 Å². The molecule has 0 aliphatic carbocycles. The van der Waals surface area contributed by atoms with Crippen molar-refractivity contribution in [1.29, 1.82) is 0 Å². The summed E-state index contributed by atoms with van der Waals surface area (Å²) >= 11 is 0. The molecule has 1 aliphatic heterocycles. The van der Waals surface area contributed by atoms with Crippen LogP contribution in [0.1, 0.15) is 19.3 Å². The first kappa shape index (κ1) is 15.9. The summed E-state index contributed by atoms with van der Waals surface area (Å²) in [5, 5.41) is 4.22. The summed E-state index contributed by atoms with van der Waals surface area (Å²) in [5.74, 6) is 0.884. The molecule has 130 valence electrons. The topological polar surface area (TPSA) is 68.7 Å². The number of fused-ring (bicyclic) bond motifs is 1. The van der Waals surface area contributed by atoms with Crippen molar-refractivity contribution in [2.45, 2.75) is 19.3 Å². The van der Waals surface area contributed by atoms with E-state index in [2.05, 4.69) is 15.0 Å². The lowest BCUT2D eigenvalue weighted by Gasteiger charge is -2.26. The molecule has 6 nitrogen and oxygen atoms in total. The van der Waals surface area contributed by atoms with Crippen LogP contribution in [0.15, 0.2) is 42.9 Å². The molecule has 1 aromatic carbocycles. The van der Waals surface area contributed by atoms with Gasteiger partial charge in [0, 0.05) is 24.5 Å². The quantitative estimate of drug-likeness (QED) is 0.775. The van der Waals surface area contributed by atoms with Crippen LogP contribution >= 0.6 is 0 Å². The fourth-order valence-corrected chi connectivity index (χ4v) is 3.28. The fourth-order valence-electron chi connectivity index (χ4n) is 3.28. The molecule has 2 N–H and O–H groups in total. The van der Waals surface area contributed by atoms with Gasteiger partial charge in [0.05, 0.1) is 11.9 Å². The van der Waals surface area contributed by atoms with Crippen molar-refractivity contribution in [1.82, 2.24) is 19.5 Å². The standard InChI is InChI=1S/C19H23N5O/c20-18-13-22-24-14-16(12-21-19(18)24)15-5-4-6-17(11-15)25-10-9-23-7-2-1-3-8-23/h4-6,11-14H,1-3,7-10,20H2. The molecule has 0 saturated carbocycles. The van der Waals surface area contributed by atoms with Gasteiger partial charge in [-0.3, -0.25) is 4.90 Å². The Labute approximate surface area is 147 Å². The highest BCUT2D eigenvalue weighted by molar-refractivity contribution is 5.68. The monoisotopic (exact) mass is 337 g/mol. The molecule has 0 radical (unpaired) electrons. The normalized spacial score (nSPS) is 15.5. The average Bonchev–Trinajstić information content (AvgIpc) is 3.03. The van der Waals surface area contributed by atoms with Crippen LogP contribution in [-0.4, -0.2) is 45.7 Å². The molecule has 1 saturated heterocycles. The maximum absolute atomic E-state index is 5.96. The molecular weight excluding hydrogens is 314 g/mol. The molecule has 6 heteroatoms. The van der Waals surface area contributed by atoms with Gasteiger partial charge in [0.25, 0.3) is 0 Å². The molecular formula is C19H23N5O. The first-order chi connectivity index (χ1) is 12.3. The molecule has 4 rings (SSSR count). The van der Waals surface area contributed by atoms with Gasteiger partial charge in [-0.2, -0.15) is 5.10 Å². The number of nitrogen functional groups attached to an aromatic ring is 1. The van der Waals surface area contributed by atoms with E-state index in [-0.39, 0.29) is 0 Å². The smallest absolute Gasteiger partial charge is 0.178 e. The fraction of sp³-hybridized carbons (Fsp3) is 0.368. The summed E-state index contributed by atoms with van der Waals surface area (Å²) in [6.07, 6.45) is 9.35. The third-order valence-electron chi connectivity index (χ3n) is 4.68. The summed E-state index contributed by atoms with van der Waals surface area (Å²) in [6, 6.07) is 8.10. The van der Waals surface area contributed by atoms with Crippen molar-refractivity contribution in [3.8, 4) is 16.9 Å². The Morgan fingerprint density at radius 1 is 1.08 bits per heavy atom. The number of nitrogens with two attached hydrogens (primary N) is 1. The average molecular weight is 337 g/mol. The van der Waals surface area contributed by atoms with Crippen molar-refractivity contribution < 1.29 is 4.74 Å². The van der Waals surface area contributed by atoms with Crippen LogP contribution in [0.4, 0.5) is 5.69 Å². The second-order valence-electron chi connectivity index (χ2n) is 6.49. The minimum absolute atomic E-state index is 0.585. The molecule has 2 aromatic heterocycles. The number of ether oxygens (including phenoxy) is 1. The number of hydrogen-bond donors (Lipinski definition) is 1. The highest BCUT2D eigenvalue weighted by atomic mass is 16.5. The Morgan fingerprint density at radius 2 is 1.96 bits per heavy atom. The maximum Gasteiger partial charge on any atom is 0.178 e. The van der Waals surface area contributed by atoms with Crippen molar-refractivity contribution in [3.05, 3.63) is 42.9 Å². The van der Waals surface area contributed by atoms with Gasteiger partial charge in [-0.15, -0.1) is 0 Å². The van der Waals surface area contributed by atoms with Crippen LogP contribution in [0, 0.1) is 0 Å². The number of benzene rings is 1. The predicted octanol–water partition coefficient (Wildman–Crippen LogP) is 2.84. The van der Waals surface area contributed by atoms with Gasteiger partial charge in [-0.05, 0) is 43.6 Å². The van der Waals surface area contributed by atoms with Gasteiger partial charge in [-0.25, -0.2) is 9.50 Å². The lowest BCUT2D eigenvalue weighted by molar-refractivity contribution is 0.183. The van der Waals surface area contributed by atoms with Gasteiger partial charge < -0.3 is 10.5 Å². The maximum atomic E-state index is 5.96. The second-order valence-corrected chi connectivity index (χ2v) is 6.49. The van der Waals surface area contributed by atoms with E-state index < -0.39 is 0 Å². The van der Waals surface area contributed by atoms with E-state index in [1.165, 1.54) is 32.4 Å². The molecule has 0 atom stereocenters. The number of rotatable bonds is 5. The van der Waals surface area contributed by atoms with E-state index in [4.69, 9.17) is 10.5 Å². The van der Waals surface area contributed by atoms with Gasteiger partial charge >= 0.3 is 0 Å². The van der Waals surface area contributed by atoms with E-state index in [0.717, 1.165) is 30.0 Å². The number of likely N-dealkylation sites (tertiary alicyclic amines) is 1. The molecule has 0 unspecified atom stereocenters. The molecule has 1 fully saturated rings. The largest absolute Gasteiger partial charge is 0.492 e. The van der Waals surface area contributed by atoms with Crippen LogP contribution < -0.4 is 10.5 Å². The number of piperidine rings is 1. The minimum Gasteiger partial charge on any atom is -0.492 e. The van der Waals surface area contributed by atoms with E-state index in [9.17, 15) is 0 Å². The van der Waals surface area contributed by atoms with Crippen molar-refractivity contribution in [2.75, 3.05) is 32.0 Å². The Balaban J connectivity index is 1.44. The first-order valence-electron chi connectivity index (χ1n) is 8.84. The van der Waals surface area contributed by atoms with E-state index >= 15 is 0 Å². The zero-order valence-electron chi connectivity index (χ0n) is 14.3. The highest BCUT2D eigenvalue weighted by Crippen LogP contribution is 2.24. The SMILES string of the molecule is Nc1cnn2cc(-c3cccc(OCCN4CCCCC4)c3)cnc12. The molecule has 3 aromatic rings. The molecule has 1 aliphatic rings. The van der Waals surface area contributed by atoms with Crippen LogP contribution in [0.3, 0.4) is 0 Å². The van der Waals surface area contributed by atoms with Crippen molar-refractivity contribution >= 4 is 11.3 Å². The third-order valence-corrected chi connectivity index (χ3v) is 4.68. The summed E-state index contributed by atoms with van der Waals surface area (Å²) < 4.78 is 7.66. The number of aromatic nitrogens is 3. The van der Waals surface area contributed by atoms with Gasteiger partial charge in [0.1, 0.15) is 12.4 Å². The Kier molecular flexibility index (Phi) is 4.52. The van der Waals surface area contributed by atoms with Crippen LogP contribution in [0.25, 0.3) is 16.8 Å². The van der Waals surface area contributed by atoms with Crippen LogP contribution in [0.2, 0.25) is 0 Å². The second kappa shape index (κ2) is 7.11. The minimum atomic E-state index is 0.585. The van der Waals surface area contributed by atoms with Crippen LogP contribution in [0.5, 0.6) is 5.75 Å². The van der Waals surface area contributed by atoms with E-state index in [1.807, 2.05) is 36.7 Å². The summed E-state index contributed by atoms with van der Waals surface area (Å²) in [4.78, 5) is 6.88. The lowest BCUT2D eigenvalue weighted by atomic mass is 10.1. The zero-order valence-corrected chi connectivity index (χ0v) is 14.3. The van der Waals surface area contributed by atoms with E-state index in [0.29, 0.717) is 11.3 Å². The predicted molar refractivity (Wildman–Crippen MR) is 98.6 cm³/mol. The first-order valence-corrected chi connectivity index (χ1v) is 8.84. The van der Waals surface area contributed by atoms with Gasteiger partial charge in [0.15, 0.2) is 5.65 Å². The molecule has 0 bridgehead atoms. The molecule has 3 heterocycles. The van der Waals surface area contributed by atoms with Crippen molar-refractivity contribution in [3.63, 3.8) is 0 Å². The summed E-state index contributed by atoms with van der Waals surface area (Å²) in [7, 11) is 0. The molecule has 0 amide bonds. The summed E-state index contributed by atoms with van der Waals surface area (Å²) in [5.41, 5.74) is 9.14. The number of hydrogen-bond acceptors (Lipinski definition) is 5. The van der Waals surface area contributed by atoms with Gasteiger partial charge in [0.2, 0.25) is 0 Å². The van der Waals surface area contributed by atoms with E-state index in [1.54, 1.807) is 10.7 Å². The lowest BCUT2D eigenvalue weighted by Crippen LogP contribution is -2.33. The molecule has 0 spiro atoms. The van der Waals surface area contributed by atoms with Crippen LogP contribution in [-0.2, 0) is 0 Å². The Morgan fingerprint density at radius 3 is 2.84 bits per heavy atom. The third kappa shape index (κ3) is 3.58. The zero-order chi connectivity index (χ0) is 17.1. The Hall–Kier alpha value is -2.60. The highest BCUT2D eigenvalue weighted by Gasteiger charge is 2.10. The molecule has 25 heavy (non-hydrogen) atoms. The summed E-state index contributed by atoms with van der Waals surface area (Å²) in [6.45, 7) is 4.10. The number of nitrogens with zero attached hydrogens (tertiary/aromatic N) is 4. The Bertz CT molecular complexity index is 854. The van der Waals surface area contributed by atoms with Crippen molar-refractivity contribution in [2.24, 2.45) is 0 Å².